The van der Waals surface area contributed by atoms with Crippen LogP contribution in [0, 0.1) is 0 Å². The maximum atomic E-state index is 13.5. The van der Waals surface area contributed by atoms with Gasteiger partial charge in [0.05, 0.1) is 5.56 Å². The lowest BCUT2D eigenvalue weighted by atomic mass is 9.88. The number of ketones is 2. The molecule has 1 aromatic rings. The van der Waals surface area contributed by atoms with Crippen LogP contribution in [0.4, 0.5) is 4.39 Å². The van der Waals surface area contributed by atoms with Crippen LogP contribution in [0.5, 0.6) is 5.75 Å². The predicted molar refractivity (Wildman–Crippen MR) is 45.5 cm³/mol. The van der Waals surface area contributed by atoms with Crippen LogP contribution in [0.15, 0.2) is 18.2 Å². The summed E-state index contributed by atoms with van der Waals surface area (Å²) in [6.45, 7) is 0. The number of aromatic hydroxyl groups is 1. The number of halogens is 1. The minimum atomic E-state index is -2.49. The molecule has 0 bridgehead atoms. The normalized spacial score (nSPS) is 32.2. The molecule has 0 amide bonds. The van der Waals surface area contributed by atoms with E-state index >= 15 is 0 Å². The molecule has 1 fully saturated rings. The van der Waals surface area contributed by atoms with Crippen LogP contribution in [0.2, 0.25) is 0 Å². The van der Waals surface area contributed by atoms with Crippen molar-refractivity contribution >= 4 is 11.6 Å². The summed E-state index contributed by atoms with van der Waals surface area (Å²) < 4.78 is 18.0. The van der Waals surface area contributed by atoms with E-state index in [2.05, 4.69) is 4.74 Å². The number of ether oxygens (including phenoxy) is 1. The van der Waals surface area contributed by atoms with Gasteiger partial charge < -0.3 is 9.84 Å². The smallest absolute Gasteiger partial charge is 0.308 e. The molecule has 0 aromatic heterocycles. The summed E-state index contributed by atoms with van der Waals surface area (Å²) in [6.07, 6.45) is -1.37. The molecular formula is C10H5FO4. The first-order valence-electron chi connectivity index (χ1n) is 4.33. The Balaban J connectivity index is 2.30. The lowest BCUT2D eigenvalue weighted by Gasteiger charge is -2.13. The van der Waals surface area contributed by atoms with Gasteiger partial charge >= 0.3 is 5.85 Å². The van der Waals surface area contributed by atoms with E-state index in [0.29, 0.717) is 0 Å². The third-order valence-electron chi connectivity index (χ3n) is 2.65. The first kappa shape index (κ1) is 8.55. The molecule has 0 spiro atoms. The summed E-state index contributed by atoms with van der Waals surface area (Å²) in [5, 5.41) is 9.41. The second-order valence-electron chi connectivity index (χ2n) is 3.54. The Labute approximate surface area is 83.3 Å². The molecule has 1 N–H and O–H groups in total. The van der Waals surface area contributed by atoms with Crippen LogP contribution in [0.3, 0.4) is 0 Å². The standard InChI is InChI=1S/C10H5FO4/c11-10-8(14)4-2-1-3-5(12)6(4)7(13)9(10)15-10/h1-3,9,12H. The van der Waals surface area contributed by atoms with Crippen molar-refractivity contribution in [3.8, 4) is 5.75 Å². The molecule has 3 rings (SSSR count). The number of fused-ring (bicyclic) bond motifs is 2. The number of phenols is 1. The first-order chi connectivity index (χ1) is 7.05. The molecule has 1 saturated heterocycles. The van der Waals surface area contributed by atoms with Crippen molar-refractivity contribution in [2.24, 2.45) is 0 Å². The minimum Gasteiger partial charge on any atom is -0.507 e. The number of benzene rings is 1. The molecule has 76 valence electrons. The lowest BCUT2D eigenvalue weighted by molar-refractivity contribution is 0.0658. The van der Waals surface area contributed by atoms with Gasteiger partial charge in [0, 0.05) is 5.56 Å². The van der Waals surface area contributed by atoms with Gasteiger partial charge in [-0.1, -0.05) is 12.1 Å². The van der Waals surface area contributed by atoms with Crippen LogP contribution >= 0.6 is 0 Å². The van der Waals surface area contributed by atoms with E-state index in [1.807, 2.05) is 0 Å². The van der Waals surface area contributed by atoms with E-state index in [9.17, 15) is 19.1 Å². The molecule has 15 heavy (non-hydrogen) atoms. The monoisotopic (exact) mass is 208 g/mol. The van der Waals surface area contributed by atoms with Gasteiger partial charge in [-0.15, -0.1) is 0 Å². The molecular weight excluding hydrogens is 203 g/mol. The van der Waals surface area contributed by atoms with Crippen molar-refractivity contribution < 1.29 is 23.8 Å². The highest BCUT2D eigenvalue weighted by Gasteiger charge is 2.71. The molecule has 5 heteroatoms. The maximum absolute atomic E-state index is 13.5. The zero-order valence-corrected chi connectivity index (χ0v) is 7.36. The molecule has 1 aromatic carbocycles. The third-order valence-corrected chi connectivity index (χ3v) is 2.65. The van der Waals surface area contributed by atoms with Gasteiger partial charge in [-0.05, 0) is 6.07 Å². The lowest BCUT2D eigenvalue weighted by Crippen LogP contribution is -2.33. The van der Waals surface area contributed by atoms with Gasteiger partial charge in [-0.25, -0.2) is 0 Å². The summed E-state index contributed by atoms with van der Waals surface area (Å²) in [7, 11) is 0. The molecule has 2 unspecified atom stereocenters. The molecule has 0 radical (unpaired) electrons. The summed E-state index contributed by atoms with van der Waals surface area (Å²) in [4.78, 5) is 23.1. The van der Waals surface area contributed by atoms with E-state index in [1.54, 1.807) is 0 Å². The summed E-state index contributed by atoms with van der Waals surface area (Å²) in [5.41, 5.74) is -0.255. The van der Waals surface area contributed by atoms with Crippen molar-refractivity contribution in [2.75, 3.05) is 0 Å². The Kier molecular flexibility index (Phi) is 1.28. The molecule has 2 aliphatic rings. The third kappa shape index (κ3) is 0.835. The fourth-order valence-electron chi connectivity index (χ4n) is 1.84. The number of hydrogen-bond donors (Lipinski definition) is 1. The van der Waals surface area contributed by atoms with Gasteiger partial charge in [0.1, 0.15) is 5.75 Å². The van der Waals surface area contributed by atoms with Crippen molar-refractivity contribution in [2.45, 2.75) is 12.0 Å². The number of epoxide rings is 1. The highest BCUT2D eigenvalue weighted by atomic mass is 19.2. The van der Waals surface area contributed by atoms with Crippen molar-refractivity contribution in [1.29, 1.82) is 0 Å². The Morgan fingerprint density at radius 3 is 2.87 bits per heavy atom. The zero-order valence-electron chi connectivity index (χ0n) is 7.36. The van der Waals surface area contributed by atoms with Crippen LogP contribution in [0.25, 0.3) is 0 Å². The van der Waals surface area contributed by atoms with E-state index < -0.39 is 23.5 Å². The number of carbonyl (C=O) groups excluding carboxylic acids is 2. The Morgan fingerprint density at radius 2 is 2.13 bits per heavy atom. The van der Waals surface area contributed by atoms with Crippen molar-refractivity contribution in [3.63, 3.8) is 0 Å². The Bertz CT molecular complexity index is 510. The van der Waals surface area contributed by atoms with Crippen LogP contribution < -0.4 is 0 Å². The average Bonchev–Trinajstić information content (AvgIpc) is 2.89. The minimum absolute atomic E-state index is 0.115. The number of rotatable bonds is 0. The SMILES string of the molecule is O=C1c2c(O)cccc2C(=O)C2(F)OC12. The Morgan fingerprint density at radius 1 is 1.40 bits per heavy atom. The zero-order chi connectivity index (χ0) is 10.8. The fourth-order valence-corrected chi connectivity index (χ4v) is 1.84. The van der Waals surface area contributed by atoms with E-state index in [-0.39, 0.29) is 16.9 Å². The number of carbonyl (C=O) groups is 2. The molecule has 1 heterocycles. The van der Waals surface area contributed by atoms with Gasteiger partial charge in [-0.2, -0.15) is 4.39 Å². The number of phenolic OH excluding ortho intramolecular Hbond substituents is 1. The average molecular weight is 208 g/mol. The van der Waals surface area contributed by atoms with E-state index in [4.69, 9.17) is 0 Å². The van der Waals surface area contributed by atoms with Gasteiger partial charge in [0.2, 0.25) is 11.6 Å². The fraction of sp³-hybridized carbons (Fsp3) is 0.200. The predicted octanol–water partition coefficient (Wildman–Crippen LogP) is 0.836. The van der Waals surface area contributed by atoms with Crippen molar-refractivity contribution in [3.05, 3.63) is 29.3 Å². The topological polar surface area (TPSA) is 66.9 Å². The summed E-state index contributed by atoms with van der Waals surface area (Å²) >= 11 is 0. The molecule has 0 saturated carbocycles. The largest absolute Gasteiger partial charge is 0.507 e. The van der Waals surface area contributed by atoms with E-state index in [0.717, 1.165) is 0 Å². The van der Waals surface area contributed by atoms with Gasteiger partial charge in [-0.3, -0.25) is 9.59 Å². The number of Topliss-reactive ketones (excluding diaryl/α,β-unsaturated/α-hetero) is 2. The van der Waals surface area contributed by atoms with Gasteiger partial charge in [0.15, 0.2) is 6.10 Å². The summed E-state index contributed by atoms with van der Waals surface area (Å²) in [6, 6.07) is 3.96. The van der Waals surface area contributed by atoms with Gasteiger partial charge in [0.25, 0.3) is 0 Å². The Hall–Kier alpha value is -1.75. The number of alkyl halides is 1. The first-order valence-corrected chi connectivity index (χ1v) is 4.33. The highest BCUT2D eigenvalue weighted by Crippen LogP contribution is 2.48. The van der Waals surface area contributed by atoms with Crippen LogP contribution in [-0.4, -0.2) is 28.6 Å². The highest BCUT2D eigenvalue weighted by molar-refractivity contribution is 6.23. The van der Waals surface area contributed by atoms with E-state index in [1.165, 1.54) is 18.2 Å². The second kappa shape index (κ2) is 2.25. The molecule has 1 aliphatic heterocycles. The second-order valence-corrected chi connectivity index (χ2v) is 3.54. The van der Waals surface area contributed by atoms with Crippen LogP contribution in [-0.2, 0) is 4.74 Å². The molecule has 1 aliphatic carbocycles. The summed E-state index contributed by atoms with van der Waals surface area (Å²) in [5.74, 6) is -4.37. The molecule has 4 nitrogen and oxygen atoms in total. The van der Waals surface area contributed by atoms with Crippen LogP contribution in [0.1, 0.15) is 20.7 Å². The maximum Gasteiger partial charge on any atom is 0.308 e. The van der Waals surface area contributed by atoms with Crippen molar-refractivity contribution in [1.82, 2.24) is 0 Å². The quantitative estimate of drug-likeness (QED) is 0.641. The number of hydrogen-bond acceptors (Lipinski definition) is 4. The molecule has 2 atom stereocenters.